The largest absolute Gasteiger partial charge is 0.444 e. The van der Waals surface area contributed by atoms with Gasteiger partial charge in [0.05, 0.1) is 0 Å². The first-order chi connectivity index (χ1) is 9.47. The van der Waals surface area contributed by atoms with E-state index < -0.39 is 5.60 Å². The van der Waals surface area contributed by atoms with Crippen LogP contribution >= 0.6 is 21.6 Å². The van der Waals surface area contributed by atoms with Crippen LogP contribution in [0.4, 0.5) is 4.79 Å². The highest BCUT2D eigenvalue weighted by Gasteiger charge is 2.14. The number of hydrogen-bond acceptors (Lipinski definition) is 4. The monoisotopic (exact) mass is 311 g/mol. The van der Waals surface area contributed by atoms with Crippen LogP contribution in [0.5, 0.6) is 0 Å². The molecule has 0 radical (unpaired) electrons. The Morgan fingerprint density at radius 1 is 1.25 bits per heavy atom. The molecule has 0 saturated heterocycles. The molecule has 0 aliphatic rings. The lowest BCUT2D eigenvalue weighted by Crippen LogP contribution is -2.32. The Labute approximate surface area is 128 Å². The molecule has 0 fully saturated rings. The van der Waals surface area contributed by atoms with Crippen molar-refractivity contribution in [1.82, 2.24) is 5.32 Å². The first-order valence-electron chi connectivity index (χ1n) is 6.44. The molecule has 0 aromatic heterocycles. The van der Waals surface area contributed by atoms with Gasteiger partial charge in [0.15, 0.2) is 0 Å². The van der Waals surface area contributed by atoms with Gasteiger partial charge in [-0.25, -0.2) is 4.79 Å². The lowest BCUT2D eigenvalue weighted by Gasteiger charge is -2.19. The van der Waals surface area contributed by atoms with Gasteiger partial charge in [0.25, 0.3) is 0 Å². The second-order valence-corrected chi connectivity index (χ2v) is 7.45. The molecule has 0 atom stereocenters. The summed E-state index contributed by atoms with van der Waals surface area (Å²) in [5, 5.41) is 2.68. The number of benzene rings is 1. The van der Waals surface area contributed by atoms with E-state index in [0.29, 0.717) is 6.54 Å². The molecule has 0 aliphatic heterocycles. The van der Waals surface area contributed by atoms with Crippen molar-refractivity contribution in [2.45, 2.75) is 31.3 Å². The molecule has 1 N–H and O–H groups in total. The average Bonchev–Trinajstić information content (AvgIpc) is 2.37. The minimum Gasteiger partial charge on any atom is -0.444 e. The van der Waals surface area contributed by atoms with E-state index in [9.17, 15) is 4.79 Å². The third-order valence-corrected chi connectivity index (χ3v) is 4.24. The lowest BCUT2D eigenvalue weighted by molar-refractivity contribution is 0.0534. The molecular weight excluding hydrogens is 290 g/mol. The first-order valence-corrected chi connectivity index (χ1v) is 8.75. The molecule has 1 rings (SSSR count). The highest BCUT2D eigenvalue weighted by atomic mass is 33.1. The lowest BCUT2D eigenvalue weighted by atomic mass is 10.2. The van der Waals surface area contributed by atoms with Gasteiger partial charge in [-0.3, -0.25) is 0 Å². The van der Waals surface area contributed by atoms with Crippen LogP contribution in [0.2, 0.25) is 0 Å². The highest BCUT2D eigenvalue weighted by Crippen LogP contribution is 2.30. The maximum absolute atomic E-state index is 11.4. The average molecular weight is 311 g/mol. The number of rotatable bonds is 6. The van der Waals surface area contributed by atoms with Gasteiger partial charge >= 0.3 is 6.09 Å². The number of ether oxygens (including phenoxy) is 1. The number of carbonyl (C=O) groups is 1. The van der Waals surface area contributed by atoms with E-state index in [2.05, 4.69) is 17.4 Å². The Balaban J connectivity index is 2.07. The topological polar surface area (TPSA) is 38.3 Å². The molecule has 0 aliphatic carbocycles. The second kappa shape index (κ2) is 8.97. The molecule has 0 saturated carbocycles. The van der Waals surface area contributed by atoms with Gasteiger partial charge in [-0.05, 0) is 32.9 Å². The Bertz CT molecular complexity index is 427. The summed E-state index contributed by atoms with van der Waals surface area (Å²) in [5.41, 5.74) is -0.448. The van der Waals surface area contributed by atoms with Crippen molar-refractivity contribution in [3.8, 4) is 0 Å². The predicted octanol–water partition coefficient (Wildman–Crippen LogP) is 4.51. The number of hydrogen-bond donors (Lipinski definition) is 1. The molecule has 3 nitrogen and oxygen atoms in total. The van der Waals surface area contributed by atoms with Gasteiger partial charge in [-0.15, -0.1) is 0 Å². The van der Waals surface area contributed by atoms with E-state index in [1.54, 1.807) is 21.6 Å². The van der Waals surface area contributed by atoms with Gasteiger partial charge in [-0.2, -0.15) is 0 Å². The number of nitrogens with one attached hydrogen (secondary N) is 1. The maximum Gasteiger partial charge on any atom is 0.407 e. The normalized spacial score (nSPS) is 11.6. The van der Waals surface area contributed by atoms with Crippen LogP contribution < -0.4 is 5.32 Å². The minimum atomic E-state index is -0.448. The molecule has 1 amide bonds. The van der Waals surface area contributed by atoms with Crippen LogP contribution in [-0.4, -0.2) is 24.0 Å². The number of carbonyl (C=O) groups excluding carboxylic acids is 1. The quantitative estimate of drug-likeness (QED) is 0.476. The summed E-state index contributed by atoms with van der Waals surface area (Å²) in [6.07, 6.45) is 3.59. The van der Waals surface area contributed by atoms with Crippen LogP contribution in [0.25, 0.3) is 0 Å². The number of alkyl carbamates (subject to hydrolysis) is 1. The molecule has 5 heteroatoms. The van der Waals surface area contributed by atoms with Gasteiger partial charge < -0.3 is 10.1 Å². The molecule has 0 bridgehead atoms. The van der Waals surface area contributed by atoms with Crippen molar-refractivity contribution < 1.29 is 9.53 Å². The highest BCUT2D eigenvalue weighted by molar-refractivity contribution is 8.76. The van der Waals surface area contributed by atoms with Gasteiger partial charge in [-0.1, -0.05) is 51.9 Å². The van der Waals surface area contributed by atoms with Crippen LogP contribution in [0.3, 0.4) is 0 Å². The van der Waals surface area contributed by atoms with E-state index in [1.807, 2.05) is 51.1 Å². The standard InChI is InChI=1S/C15H21NO2S2/c1-15(2,3)18-14(17)16-11-7-8-12-19-20-13-9-5-4-6-10-13/h4-10H,11-12H2,1-3H3,(H,16,17)/b8-7-. The first kappa shape index (κ1) is 17.0. The van der Waals surface area contributed by atoms with Gasteiger partial charge in [0.1, 0.15) is 5.60 Å². The summed E-state index contributed by atoms with van der Waals surface area (Å²) >= 11 is 0. The van der Waals surface area contributed by atoms with Crippen molar-refractivity contribution in [2.75, 3.05) is 12.3 Å². The summed E-state index contributed by atoms with van der Waals surface area (Å²) < 4.78 is 5.13. The predicted molar refractivity (Wildman–Crippen MR) is 88.1 cm³/mol. The summed E-state index contributed by atoms with van der Waals surface area (Å²) in [4.78, 5) is 12.6. The van der Waals surface area contributed by atoms with Crippen molar-refractivity contribution in [3.63, 3.8) is 0 Å². The van der Waals surface area contributed by atoms with E-state index in [1.165, 1.54) is 4.90 Å². The Kier molecular flexibility index (Phi) is 7.62. The zero-order valence-electron chi connectivity index (χ0n) is 12.1. The smallest absolute Gasteiger partial charge is 0.407 e. The SMILES string of the molecule is CC(C)(C)OC(=O)NC/C=C\CSSc1ccccc1. The molecule has 0 spiro atoms. The zero-order valence-corrected chi connectivity index (χ0v) is 13.7. The summed E-state index contributed by atoms with van der Waals surface area (Å²) in [5.74, 6) is 0.898. The fourth-order valence-electron chi connectivity index (χ4n) is 1.23. The number of amides is 1. The maximum atomic E-state index is 11.4. The van der Waals surface area contributed by atoms with Crippen LogP contribution in [-0.2, 0) is 4.74 Å². The Morgan fingerprint density at radius 2 is 1.95 bits per heavy atom. The summed E-state index contributed by atoms with van der Waals surface area (Å²) in [6, 6.07) is 10.3. The second-order valence-electron chi connectivity index (χ2n) is 5.04. The van der Waals surface area contributed by atoms with Crippen LogP contribution in [0, 0.1) is 0 Å². The van der Waals surface area contributed by atoms with Crippen molar-refractivity contribution in [3.05, 3.63) is 42.5 Å². The zero-order chi connectivity index (χ0) is 14.8. The summed E-state index contributed by atoms with van der Waals surface area (Å²) in [7, 11) is 3.51. The fourth-order valence-corrected chi connectivity index (χ4v) is 3.09. The Morgan fingerprint density at radius 3 is 2.60 bits per heavy atom. The summed E-state index contributed by atoms with van der Waals surface area (Å²) in [6.45, 7) is 6.03. The van der Waals surface area contributed by atoms with E-state index >= 15 is 0 Å². The van der Waals surface area contributed by atoms with Crippen molar-refractivity contribution in [2.24, 2.45) is 0 Å². The van der Waals surface area contributed by atoms with Gasteiger partial charge in [0.2, 0.25) is 0 Å². The molecule has 0 unspecified atom stereocenters. The van der Waals surface area contributed by atoms with E-state index in [0.717, 1.165) is 5.75 Å². The third-order valence-electron chi connectivity index (χ3n) is 1.99. The van der Waals surface area contributed by atoms with E-state index in [-0.39, 0.29) is 6.09 Å². The molecule has 20 heavy (non-hydrogen) atoms. The molecule has 110 valence electrons. The third kappa shape index (κ3) is 8.93. The molecule has 1 aromatic rings. The van der Waals surface area contributed by atoms with Crippen LogP contribution in [0.1, 0.15) is 20.8 Å². The van der Waals surface area contributed by atoms with Crippen LogP contribution in [0.15, 0.2) is 47.4 Å². The molecule has 1 aromatic carbocycles. The van der Waals surface area contributed by atoms with Crippen molar-refractivity contribution in [1.29, 1.82) is 0 Å². The molecular formula is C15H21NO2S2. The van der Waals surface area contributed by atoms with Gasteiger partial charge in [0, 0.05) is 17.2 Å². The minimum absolute atomic E-state index is 0.381. The molecule has 0 heterocycles. The fraction of sp³-hybridized carbons (Fsp3) is 0.400. The Hall–Kier alpha value is -1.07. The van der Waals surface area contributed by atoms with Crippen molar-refractivity contribution >= 4 is 27.7 Å². The van der Waals surface area contributed by atoms with E-state index in [4.69, 9.17) is 4.74 Å².